The lowest BCUT2D eigenvalue weighted by molar-refractivity contribution is -0.673. The summed E-state index contributed by atoms with van der Waals surface area (Å²) in [6.07, 6.45) is 4.11. The summed E-state index contributed by atoms with van der Waals surface area (Å²) in [5.74, 6) is 0. The van der Waals surface area contributed by atoms with Gasteiger partial charge in [0.1, 0.15) is 21.3 Å². The average molecular weight is 397 g/mol. The van der Waals surface area contributed by atoms with Gasteiger partial charge in [-0.1, -0.05) is 17.8 Å². The Labute approximate surface area is 166 Å². The second-order valence-electron chi connectivity index (χ2n) is 6.64. The lowest BCUT2D eigenvalue weighted by Crippen LogP contribution is -2.34. The topological polar surface area (TPSA) is 29.1 Å². The van der Waals surface area contributed by atoms with Crippen molar-refractivity contribution in [3.63, 3.8) is 0 Å². The summed E-state index contributed by atoms with van der Waals surface area (Å²) < 4.78 is 5.71. The first-order chi connectivity index (χ1) is 13.0. The van der Waals surface area contributed by atoms with Crippen LogP contribution in [0, 0.1) is 6.92 Å². The van der Waals surface area contributed by atoms with Gasteiger partial charge in [-0.05, 0) is 37.6 Å². The average Bonchev–Trinajstić information content (AvgIpc) is 3.14. The van der Waals surface area contributed by atoms with Gasteiger partial charge in [-0.3, -0.25) is 9.36 Å². The van der Waals surface area contributed by atoms with E-state index in [0.29, 0.717) is 6.54 Å². The standard InChI is InChI=1S/C21H22N3OS2/c1-5-24-18(13-15-8-6-7-11-22(15)3)27-19(20(24)25)21-23(4)16-12-14(2)9-10-17(16)26-21/h6-13H,5H2,1-4H3/q+1/b21-19+. The summed E-state index contributed by atoms with van der Waals surface area (Å²) in [5.41, 5.74) is 3.56. The maximum Gasteiger partial charge on any atom is 0.271 e. The Morgan fingerprint density at radius 3 is 2.78 bits per heavy atom. The molecule has 27 heavy (non-hydrogen) atoms. The van der Waals surface area contributed by atoms with E-state index < -0.39 is 0 Å². The minimum absolute atomic E-state index is 0.0891. The van der Waals surface area contributed by atoms with E-state index in [-0.39, 0.29) is 5.56 Å². The number of benzene rings is 1. The third-order valence-corrected chi connectivity index (χ3v) is 7.26. The molecule has 0 spiro atoms. The molecule has 0 N–H and O–H groups in total. The van der Waals surface area contributed by atoms with Gasteiger partial charge in [0.2, 0.25) is 5.69 Å². The smallest absolute Gasteiger partial charge is 0.271 e. The van der Waals surface area contributed by atoms with Crippen LogP contribution in [0.25, 0.3) is 11.1 Å². The number of aromatic nitrogens is 2. The van der Waals surface area contributed by atoms with Gasteiger partial charge < -0.3 is 4.90 Å². The maximum atomic E-state index is 13.1. The monoisotopic (exact) mass is 396 g/mol. The Balaban J connectivity index is 1.94. The molecule has 1 aromatic carbocycles. The summed E-state index contributed by atoms with van der Waals surface area (Å²) in [6.45, 7) is 4.78. The van der Waals surface area contributed by atoms with E-state index in [0.717, 1.165) is 19.9 Å². The van der Waals surface area contributed by atoms with Crippen molar-refractivity contribution in [2.24, 2.45) is 7.05 Å². The molecule has 6 heteroatoms. The van der Waals surface area contributed by atoms with Crippen LogP contribution in [0.4, 0.5) is 5.69 Å². The SMILES string of the molecule is CCn1c(=O)/c(=C2\Sc3ccc(C)cc3N2C)s/c1=C\c1cccc[n+]1C. The van der Waals surface area contributed by atoms with Crippen LogP contribution in [-0.4, -0.2) is 11.6 Å². The number of rotatable bonds is 2. The number of pyridine rings is 1. The maximum absolute atomic E-state index is 13.1. The quantitative estimate of drug-likeness (QED) is 0.622. The van der Waals surface area contributed by atoms with Crippen LogP contribution in [0.3, 0.4) is 0 Å². The van der Waals surface area contributed by atoms with Crippen molar-refractivity contribution in [3.8, 4) is 0 Å². The van der Waals surface area contributed by atoms with Gasteiger partial charge in [0.15, 0.2) is 6.20 Å². The number of aryl methyl sites for hydroxylation is 2. The lowest BCUT2D eigenvalue weighted by atomic mass is 10.2. The summed E-state index contributed by atoms with van der Waals surface area (Å²) in [7, 11) is 4.06. The molecule has 0 atom stereocenters. The second kappa shape index (κ2) is 7.02. The van der Waals surface area contributed by atoms with Crippen molar-refractivity contribution in [2.45, 2.75) is 25.3 Å². The van der Waals surface area contributed by atoms with Crippen molar-refractivity contribution in [3.05, 3.63) is 73.4 Å². The fourth-order valence-corrected chi connectivity index (χ4v) is 5.68. The molecule has 0 bridgehead atoms. The van der Waals surface area contributed by atoms with Crippen LogP contribution in [0.15, 0.2) is 52.3 Å². The van der Waals surface area contributed by atoms with Crippen LogP contribution in [0.5, 0.6) is 0 Å². The number of fused-ring (bicyclic) bond motifs is 1. The zero-order valence-electron chi connectivity index (χ0n) is 15.9. The largest absolute Gasteiger partial charge is 0.337 e. The number of hydrogen-bond acceptors (Lipinski definition) is 4. The highest BCUT2D eigenvalue weighted by Gasteiger charge is 2.24. The molecule has 0 amide bonds. The van der Waals surface area contributed by atoms with Gasteiger partial charge in [-0.2, -0.15) is 0 Å². The molecule has 0 radical (unpaired) electrons. The molecule has 2 aromatic heterocycles. The van der Waals surface area contributed by atoms with Gasteiger partial charge in [0.25, 0.3) is 5.56 Å². The van der Waals surface area contributed by atoms with Crippen molar-refractivity contribution >= 4 is 39.9 Å². The Kier molecular flexibility index (Phi) is 4.70. The third-order valence-electron chi connectivity index (χ3n) is 4.78. The molecule has 1 aliphatic heterocycles. The van der Waals surface area contributed by atoms with Gasteiger partial charge >= 0.3 is 0 Å². The molecule has 0 fully saturated rings. The highest BCUT2D eigenvalue weighted by atomic mass is 32.2. The predicted molar refractivity (Wildman–Crippen MR) is 114 cm³/mol. The van der Waals surface area contributed by atoms with Gasteiger partial charge in [-0.25, -0.2) is 4.57 Å². The Morgan fingerprint density at radius 2 is 2.04 bits per heavy atom. The molecule has 1 aliphatic rings. The van der Waals surface area contributed by atoms with E-state index in [2.05, 4.69) is 46.7 Å². The normalized spacial score (nSPS) is 16.1. The van der Waals surface area contributed by atoms with Gasteiger partial charge in [0, 0.05) is 36.7 Å². The van der Waals surface area contributed by atoms with E-state index in [1.54, 1.807) is 23.1 Å². The van der Waals surface area contributed by atoms with Crippen molar-refractivity contribution < 1.29 is 4.57 Å². The number of anilines is 1. The molecule has 4 nitrogen and oxygen atoms in total. The van der Waals surface area contributed by atoms with E-state index in [1.807, 2.05) is 43.9 Å². The van der Waals surface area contributed by atoms with E-state index in [4.69, 9.17) is 0 Å². The number of thioether (sulfide) groups is 1. The molecule has 3 aromatic rings. The first kappa shape index (κ1) is 18.1. The van der Waals surface area contributed by atoms with Crippen molar-refractivity contribution in [2.75, 3.05) is 11.9 Å². The Morgan fingerprint density at radius 1 is 1.22 bits per heavy atom. The number of hydrogen-bond donors (Lipinski definition) is 0. The fraction of sp³-hybridized carbons (Fsp3) is 0.238. The lowest BCUT2D eigenvalue weighted by Gasteiger charge is -2.12. The molecule has 138 valence electrons. The number of thiazole rings is 1. The van der Waals surface area contributed by atoms with Gasteiger partial charge in [-0.15, -0.1) is 11.3 Å². The van der Waals surface area contributed by atoms with Crippen LogP contribution in [-0.2, 0) is 13.6 Å². The molecule has 3 heterocycles. The van der Waals surface area contributed by atoms with Crippen LogP contribution in [0.1, 0.15) is 18.2 Å². The minimum Gasteiger partial charge on any atom is -0.337 e. The van der Waals surface area contributed by atoms with Crippen molar-refractivity contribution in [1.29, 1.82) is 0 Å². The van der Waals surface area contributed by atoms with Crippen LogP contribution >= 0.6 is 23.1 Å². The second-order valence-corrected chi connectivity index (χ2v) is 8.70. The van der Waals surface area contributed by atoms with Crippen LogP contribution in [0.2, 0.25) is 0 Å². The zero-order valence-corrected chi connectivity index (χ0v) is 17.5. The van der Waals surface area contributed by atoms with Crippen molar-refractivity contribution in [1.82, 2.24) is 4.57 Å². The van der Waals surface area contributed by atoms with Crippen LogP contribution < -0.4 is 24.2 Å². The zero-order chi connectivity index (χ0) is 19.1. The molecule has 0 saturated heterocycles. The summed E-state index contributed by atoms with van der Waals surface area (Å²) in [4.78, 5) is 16.5. The number of nitrogens with zero attached hydrogens (tertiary/aromatic N) is 3. The molecular formula is C21H22N3OS2+. The molecule has 0 aliphatic carbocycles. The Hall–Kier alpha value is -2.31. The summed E-state index contributed by atoms with van der Waals surface area (Å²) in [5, 5.41) is 1.02. The van der Waals surface area contributed by atoms with E-state index in [1.165, 1.54) is 16.1 Å². The molecular weight excluding hydrogens is 374 g/mol. The van der Waals surface area contributed by atoms with Gasteiger partial charge in [0.05, 0.1) is 5.69 Å². The van der Waals surface area contributed by atoms with E-state index in [9.17, 15) is 4.79 Å². The molecule has 0 unspecified atom stereocenters. The summed E-state index contributed by atoms with van der Waals surface area (Å²) in [6, 6.07) is 12.5. The predicted octanol–water partition coefficient (Wildman–Crippen LogP) is 2.20. The first-order valence-corrected chi connectivity index (χ1v) is 10.6. The fourth-order valence-electron chi connectivity index (χ4n) is 3.24. The van der Waals surface area contributed by atoms with E-state index >= 15 is 0 Å². The summed E-state index contributed by atoms with van der Waals surface area (Å²) >= 11 is 3.25. The highest BCUT2D eigenvalue weighted by molar-refractivity contribution is 8.08. The third kappa shape index (κ3) is 3.13. The Bertz CT molecular complexity index is 1210. The first-order valence-electron chi connectivity index (χ1n) is 8.92. The highest BCUT2D eigenvalue weighted by Crippen LogP contribution is 2.45. The molecule has 0 saturated carbocycles. The minimum atomic E-state index is 0.0891. The molecule has 4 rings (SSSR count).